The standard InChI is InChI=1S/C77H78BN3O/c1-46-38-67-70-68(39-46)81(64-43-58-57(40-47(64)2)74(9,10)45-75(58,11)12)66-44-60-59(76(13,14)55-24-18-19-25-56(55)77(60,15)16)42-62(66)78(70)61-37-36-52(41-65(61)80(67)63-26-21-23-54-53-22-17-20-27-69(53)82-71(54)63)79(50-32-28-48(29-33-50)72(3,4)5)51-34-30-49(31-35-51)73(6,7)8/h17-44H,45H2,1-16H3. The first-order chi connectivity index (χ1) is 38.7. The Morgan fingerprint density at radius 2 is 0.927 bits per heavy atom. The van der Waals surface area contributed by atoms with Crippen molar-refractivity contribution in [1.29, 1.82) is 0 Å². The maximum Gasteiger partial charge on any atom is 0.252 e. The minimum absolute atomic E-state index is 0.00982. The SMILES string of the molecule is Cc1cc2c3c(c1)N(c1cccc4c1oc1ccccc14)c1cc(N(c4ccc(C(C)(C)C)cc4)c4ccc(C(C)(C)C)cc4)ccc1B3c1cc3c(cc1N2c1cc2c(cc1C)C(C)(C)CC2(C)C)C(C)(C)c1ccccc1C3(C)C. The molecule has 9 aromatic carbocycles. The molecule has 0 saturated carbocycles. The third kappa shape index (κ3) is 7.63. The van der Waals surface area contributed by atoms with Gasteiger partial charge in [0, 0.05) is 67.1 Å². The molecule has 82 heavy (non-hydrogen) atoms. The molecule has 10 aromatic rings. The van der Waals surface area contributed by atoms with E-state index in [4.69, 9.17) is 4.42 Å². The molecule has 5 heteroatoms. The molecule has 0 N–H and O–H groups in total. The van der Waals surface area contributed by atoms with Gasteiger partial charge >= 0.3 is 0 Å². The highest BCUT2D eigenvalue weighted by Crippen LogP contribution is 2.56. The zero-order chi connectivity index (χ0) is 57.5. The van der Waals surface area contributed by atoms with Crippen LogP contribution in [0.25, 0.3) is 21.9 Å². The van der Waals surface area contributed by atoms with Gasteiger partial charge in [-0.2, -0.15) is 0 Å². The molecule has 0 fully saturated rings. The van der Waals surface area contributed by atoms with Crippen molar-refractivity contribution < 1.29 is 4.42 Å². The van der Waals surface area contributed by atoms with E-state index in [1.54, 1.807) is 0 Å². The highest BCUT2D eigenvalue weighted by Gasteiger charge is 2.49. The Kier molecular flexibility index (Phi) is 11.1. The molecule has 2 aliphatic carbocycles. The van der Waals surface area contributed by atoms with E-state index in [2.05, 4.69) is 295 Å². The predicted octanol–water partition coefficient (Wildman–Crippen LogP) is 19.3. The molecule has 4 nitrogen and oxygen atoms in total. The van der Waals surface area contributed by atoms with Crippen LogP contribution < -0.4 is 31.1 Å². The second-order valence-electron chi connectivity index (χ2n) is 29.1. The van der Waals surface area contributed by atoms with Crippen LogP contribution in [0.2, 0.25) is 0 Å². The predicted molar refractivity (Wildman–Crippen MR) is 351 cm³/mol. The van der Waals surface area contributed by atoms with Crippen molar-refractivity contribution in [1.82, 2.24) is 0 Å². The summed E-state index contributed by atoms with van der Waals surface area (Å²) in [6.07, 6.45) is 1.11. The van der Waals surface area contributed by atoms with E-state index >= 15 is 0 Å². The fourth-order valence-electron chi connectivity index (χ4n) is 15.6. The van der Waals surface area contributed by atoms with Crippen molar-refractivity contribution in [3.63, 3.8) is 0 Å². The molecule has 0 amide bonds. The normalized spacial score (nSPS) is 16.8. The molecule has 0 spiro atoms. The summed E-state index contributed by atoms with van der Waals surface area (Å²) in [5.74, 6) is 0. The fourth-order valence-corrected chi connectivity index (χ4v) is 15.6. The highest BCUT2D eigenvalue weighted by atomic mass is 16.3. The van der Waals surface area contributed by atoms with Crippen LogP contribution in [0.5, 0.6) is 0 Å². The first kappa shape index (κ1) is 52.3. The first-order valence-electron chi connectivity index (χ1n) is 30.0. The molecular weight excluding hydrogens is 994 g/mol. The third-order valence-corrected chi connectivity index (χ3v) is 19.7. The number of benzene rings is 9. The van der Waals surface area contributed by atoms with E-state index in [9.17, 15) is 0 Å². The van der Waals surface area contributed by atoms with Gasteiger partial charge < -0.3 is 19.1 Å². The topological polar surface area (TPSA) is 22.9 Å². The molecular formula is C77H78BN3O. The van der Waals surface area contributed by atoms with Gasteiger partial charge in [-0.15, -0.1) is 0 Å². The van der Waals surface area contributed by atoms with E-state index < -0.39 is 0 Å². The maximum absolute atomic E-state index is 7.10. The number of aryl methyl sites for hydroxylation is 2. The number of para-hydroxylation sites is 2. The van der Waals surface area contributed by atoms with Crippen LogP contribution in [-0.4, -0.2) is 6.71 Å². The summed E-state index contributed by atoms with van der Waals surface area (Å²) in [6, 6.07) is 65.7. The number of furan rings is 1. The number of hydrogen-bond acceptors (Lipinski definition) is 4. The van der Waals surface area contributed by atoms with Crippen LogP contribution in [0, 0.1) is 13.8 Å². The summed E-state index contributed by atoms with van der Waals surface area (Å²) in [7, 11) is 0. The van der Waals surface area contributed by atoms with E-state index in [-0.39, 0.29) is 39.2 Å². The monoisotopic (exact) mass is 1070 g/mol. The summed E-state index contributed by atoms with van der Waals surface area (Å²) >= 11 is 0. The molecule has 14 rings (SSSR count). The molecule has 0 saturated heterocycles. The average molecular weight is 1070 g/mol. The lowest BCUT2D eigenvalue weighted by molar-refractivity contribution is 0.403. The first-order valence-corrected chi connectivity index (χ1v) is 30.0. The highest BCUT2D eigenvalue weighted by molar-refractivity contribution is 7.00. The van der Waals surface area contributed by atoms with Gasteiger partial charge in [0.05, 0.1) is 5.69 Å². The van der Waals surface area contributed by atoms with Gasteiger partial charge in [-0.1, -0.05) is 194 Å². The van der Waals surface area contributed by atoms with Gasteiger partial charge in [0.25, 0.3) is 6.71 Å². The fraction of sp³-hybridized carbons (Fsp3) is 0.299. The Morgan fingerprint density at radius 1 is 0.427 bits per heavy atom. The second-order valence-corrected chi connectivity index (χ2v) is 29.1. The summed E-state index contributed by atoms with van der Waals surface area (Å²) in [5.41, 5.74) is 29.3. The summed E-state index contributed by atoms with van der Waals surface area (Å²) < 4.78 is 7.10. The Morgan fingerprint density at radius 3 is 1.52 bits per heavy atom. The maximum atomic E-state index is 7.10. The van der Waals surface area contributed by atoms with E-state index in [0.717, 1.165) is 56.8 Å². The van der Waals surface area contributed by atoms with Crippen LogP contribution in [0.3, 0.4) is 0 Å². The van der Waals surface area contributed by atoms with E-state index in [1.165, 1.54) is 94.8 Å². The van der Waals surface area contributed by atoms with E-state index in [0.29, 0.717) is 0 Å². The van der Waals surface area contributed by atoms with Crippen molar-refractivity contribution in [2.75, 3.05) is 14.7 Å². The lowest BCUT2D eigenvalue weighted by Crippen LogP contribution is -2.62. The largest absolute Gasteiger partial charge is 0.454 e. The van der Waals surface area contributed by atoms with Crippen LogP contribution in [0.1, 0.15) is 159 Å². The van der Waals surface area contributed by atoms with Crippen molar-refractivity contribution >= 4 is 96.2 Å². The second kappa shape index (κ2) is 17.4. The van der Waals surface area contributed by atoms with Gasteiger partial charge in [0.15, 0.2) is 5.58 Å². The molecule has 0 bridgehead atoms. The van der Waals surface area contributed by atoms with Crippen molar-refractivity contribution in [3.05, 3.63) is 225 Å². The molecule has 2 aliphatic heterocycles. The van der Waals surface area contributed by atoms with E-state index in [1.807, 2.05) is 0 Å². The summed E-state index contributed by atoms with van der Waals surface area (Å²) in [4.78, 5) is 7.73. The van der Waals surface area contributed by atoms with Gasteiger partial charge in [0.1, 0.15) is 5.58 Å². The number of nitrogens with zero attached hydrogens (tertiary/aromatic N) is 3. The molecule has 410 valence electrons. The minimum Gasteiger partial charge on any atom is -0.454 e. The van der Waals surface area contributed by atoms with Gasteiger partial charge in [0.2, 0.25) is 0 Å². The van der Waals surface area contributed by atoms with Crippen LogP contribution in [0.4, 0.5) is 51.2 Å². The Labute approximate surface area is 487 Å². The zero-order valence-corrected chi connectivity index (χ0v) is 51.2. The Balaban J connectivity index is 1.09. The molecule has 3 heterocycles. The van der Waals surface area contributed by atoms with Crippen LogP contribution >= 0.6 is 0 Å². The van der Waals surface area contributed by atoms with Gasteiger partial charge in [-0.25, -0.2) is 0 Å². The number of hydrogen-bond donors (Lipinski definition) is 0. The average Bonchev–Trinajstić information content (AvgIpc) is 1.15. The van der Waals surface area contributed by atoms with Crippen molar-refractivity contribution in [2.45, 2.75) is 150 Å². The number of fused-ring (bicyclic) bond motifs is 10. The summed E-state index contributed by atoms with van der Waals surface area (Å²) in [6.45, 7) is 37.9. The quantitative estimate of drug-likeness (QED) is 0.160. The number of rotatable bonds is 5. The number of anilines is 9. The summed E-state index contributed by atoms with van der Waals surface area (Å²) in [5, 5.41) is 2.23. The van der Waals surface area contributed by atoms with Crippen LogP contribution in [0.15, 0.2) is 174 Å². The minimum atomic E-state index is -0.257. The Hall–Kier alpha value is -7.76. The molecule has 0 atom stereocenters. The van der Waals surface area contributed by atoms with Crippen LogP contribution in [-0.2, 0) is 32.5 Å². The molecule has 0 unspecified atom stereocenters. The molecule has 1 aromatic heterocycles. The molecule has 4 aliphatic rings. The lowest BCUT2D eigenvalue weighted by atomic mass is 9.33. The van der Waals surface area contributed by atoms with Gasteiger partial charge in [-0.05, 0) is 187 Å². The lowest BCUT2D eigenvalue weighted by Gasteiger charge is -2.48. The zero-order valence-electron chi connectivity index (χ0n) is 51.2. The molecule has 0 radical (unpaired) electrons. The Bertz CT molecular complexity index is 4250. The van der Waals surface area contributed by atoms with Crippen molar-refractivity contribution in [3.8, 4) is 0 Å². The third-order valence-electron chi connectivity index (χ3n) is 19.7. The van der Waals surface area contributed by atoms with Crippen molar-refractivity contribution in [2.24, 2.45) is 0 Å². The van der Waals surface area contributed by atoms with Gasteiger partial charge in [-0.3, -0.25) is 0 Å². The smallest absolute Gasteiger partial charge is 0.252 e.